The van der Waals surface area contributed by atoms with Crippen molar-refractivity contribution in [1.82, 2.24) is 0 Å². The first-order valence-electron chi connectivity index (χ1n) is 7.22. The highest BCUT2D eigenvalue weighted by Gasteiger charge is 2.48. The minimum atomic E-state index is -0.176. The highest BCUT2D eigenvalue weighted by Crippen LogP contribution is 2.55. The lowest BCUT2D eigenvalue weighted by Gasteiger charge is -2.29. The van der Waals surface area contributed by atoms with Crippen LogP contribution in [0.3, 0.4) is 0 Å². The molecule has 0 amide bonds. The van der Waals surface area contributed by atoms with E-state index < -0.39 is 0 Å². The number of hydrogen-bond acceptors (Lipinski definition) is 2. The molecule has 17 heavy (non-hydrogen) atoms. The second kappa shape index (κ2) is 4.62. The van der Waals surface area contributed by atoms with E-state index in [1.807, 2.05) is 13.8 Å². The predicted octanol–water partition coefficient (Wildman–Crippen LogP) is 4.08. The van der Waals surface area contributed by atoms with E-state index in [2.05, 4.69) is 6.92 Å². The molecule has 2 saturated carbocycles. The predicted molar refractivity (Wildman–Crippen MR) is 68.7 cm³/mol. The van der Waals surface area contributed by atoms with Gasteiger partial charge in [-0.15, -0.1) is 0 Å². The number of hydrogen-bond donors (Lipinski definition) is 0. The summed E-state index contributed by atoms with van der Waals surface area (Å²) in [6.45, 7) is 6.15. The summed E-state index contributed by atoms with van der Waals surface area (Å²) in [6, 6.07) is 0. The molecule has 0 aliphatic heterocycles. The average Bonchev–Trinajstić information content (AvgIpc) is 2.86. The standard InChI is InChI=1S/C15H26O2/c1-4-12(2)13(16)17-14(3)9-10-15(11-14)7-5-6-8-15/h12H,4-11H2,1-3H3. The van der Waals surface area contributed by atoms with E-state index in [9.17, 15) is 4.79 Å². The molecule has 0 heterocycles. The van der Waals surface area contributed by atoms with E-state index in [0.29, 0.717) is 5.41 Å². The molecule has 1 spiro atoms. The summed E-state index contributed by atoms with van der Waals surface area (Å²) in [5.41, 5.74) is 0.343. The Bertz CT molecular complexity index is 291. The second-order valence-corrected chi connectivity index (χ2v) is 6.56. The molecule has 98 valence electrons. The monoisotopic (exact) mass is 238 g/mol. The quantitative estimate of drug-likeness (QED) is 0.692. The first kappa shape index (κ1) is 12.9. The van der Waals surface area contributed by atoms with E-state index >= 15 is 0 Å². The lowest BCUT2D eigenvalue weighted by Crippen LogP contribution is -2.32. The van der Waals surface area contributed by atoms with Crippen molar-refractivity contribution in [2.75, 3.05) is 0 Å². The van der Waals surface area contributed by atoms with Crippen LogP contribution in [0.1, 0.15) is 72.1 Å². The Kier molecular flexibility index (Phi) is 3.51. The zero-order chi connectivity index (χ0) is 12.5. The van der Waals surface area contributed by atoms with Crippen LogP contribution < -0.4 is 0 Å². The van der Waals surface area contributed by atoms with Crippen LogP contribution in [0.25, 0.3) is 0 Å². The zero-order valence-corrected chi connectivity index (χ0v) is 11.6. The molecule has 2 nitrogen and oxygen atoms in total. The van der Waals surface area contributed by atoms with Crippen molar-refractivity contribution < 1.29 is 9.53 Å². The van der Waals surface area contributed by atoms with Crippen molar-refractivity contribution >= 4 is 5.97 Å². The molecule has 0 bridgehead atoms. The summed E-state index contributed by atoms with van der Waals surface area (Å²) < 4.78 is 5.80. The molecule has 2 fully saturated rings. The molecule has 0 saturated heterocycles. The van der Waals surface area contributed by atoms with Crippen LogP contribution in [0.4, 0.5) is 0 Å². The van der Waals surface area contributed by atoms with Crippen LogP contribution in [0.15, 0.2) is 0 Å². The Balaban J connectivity index is 1.95. The normalized spacial score (nSPS) is 32.9. The molecule has 0 aromatic rings. The van der Waals surface area contributed by atoms with Crippen molar-refractivity contribution in [2.45, 2.75) is 77.7 Å². The Morgan fingerprint density at radius 2 is 1.88 bits per heavy atom. The van der Waals surface area contributed by atoms with Crippen LogP contribution in [0.2, 0.25) is 0 Å². The second-order valence-electron chi connectivity index (χ2n) is 6.56. The molecule has 2 rings (SSSR count). The molecule has 2 aliphatic rings. The van der Waals surface area contributed by atoms with E-state index in [4.69, 9.17) is 4.74 Å². The lowest BCUT2D eigenvalue weighted by atomic mass is 9.83. The van der Waals surface area contributed by atoms with Gasteiger partial charge in [-0.1, -0.05) is 26.7 Å². The third-order valence-electron chi connectivity index (χ3n) is 4.96. The summed E-state index contributed by atoms with van der Waals surface area (Å²) in [4.78, 5) is 11.9. The molecule has 0 aromatic carbocycles. The molecule has 2 unspecified atom stereocenters. The Labute approximate surface area is 105 Å². The van der Waals surface area contributed by atoms with Gasteiger partial charge in [-0.3, -0.25) is 4.79 Å². The molecule has 2 atom stereocenters. The van der Waals surface area contributed by atoms with Gasteiger partial charge in [-0.05, 0) is 50.9 Å². The van der Waals surface area contributed by atoms with Gasteiger partial charge in [-0.25, -0.2) is 0 Å². The van der Waals surface area contributed by atoms with Crippen LogP contribution in [0, 0.1) is 11.3 Å². The topological polar surface area (TPSA) is 26.3 Å². The van der Waals surface area contributed by atoms with Gasteiger partial charge in [0.05, 0.1) is 5.92 Å². The van der Waals surface area contributed by atoms with E-state index in [1.165, 1.54) is 32.1 Å². The summed E-state index contributed by atoms with van der Waals surface area (Å²) in [6.07, 6.45) is 9.74. The first-order valence-corrected chi connectivity index (χ1v) is 7.22. The van der Waals surface area contributed by atoms with Gasteiger partial charge >= 0.3 is 5.97 Å². The van der Waals surface area contributed by atoms with E-state index in [1.54, 1.807) is 0 Å². The minimum Gasteiger partial charge on any atom is -0.459 e. The maximum absolute atomic E-state index is 11.9. The number of ether oxygens (including phenoxy) is 1. The van der Waals surface area contributed by atoms with Crippen LogP contribution in [-0.2, 0) is 9.53 Å². The van der Waals surface area contributed by atoms with Crippen LogP contribution >= 0.6 is 0 Å². The van der Waals surface area contributed by atoms with E-state index in [0.717, 1.165) is 19.3 Å². The molecule has 2 heteroatoms. The highest BCUT2D eigenvalue weighted by molar-refractivity contribution is 5.72. The van der Waals surface area contributed by atoms with Crippen molar-refractivity contribution in [3.05, 3.63) is 0 Å². The average molecular weight is 238 g/mol. The molecule has 0 N–H and O–H groups in total. The maximum Gasteiger partial charge on any atom is 0.309 e. The van der Waals surface area contributed by atoms with Gasteiger partial charge in [-0.2, -0.15) is 0 Å². The SMILES string of the molecule is CCC(C)C(=O)OC1(C)CCC2(CCCC2)C1. The van der Waals surface area contributed by atoms with Gasteiger partial charge in [0.1, 0.15) is 5.60 Å². The lowest BCUT2D eigenvalue weighted by molar-refractivity contribution is -0.162. The van der Waals surface area contributed by atoms with E-state index in [-0.39, 0.29) is 17.5 Å². The van der Waals surface area contributed by atoms with Crippen molar-refractivity contribution in [1.29, 1.82) is 0 Å². The Hall–Kier alpha value is -0.530. The minimum absolute atomic E-state index is 0.00467. The summed E-state index contributed by atoms with van der Waals surface area (Å²) >= 11 is 0. The first-order chi connectivity index (χ1) is 7.99. The number of carbonyl (C=O) groups excluding carboxylic acids is 1. The van der Waals surface area contributed by atoms with Crippen LogP contribution in [-0.4, -0.2) is 11.6 Å². The van der Waals surface area contributed by atoms with Gasteiger partial charge in [0, 0.05) is 0 Å². The number of carbonyl (C=O) groups is 1. The van der Waals surface area contributed by atoms with Crippen molar-refractivity contribution in [2.24, 2.45) is 11.3 Å². The molecule has 0 radical (unpaired) electrons. The van der Waals surface area contributed by atoms with Crippen molar-refractivity contribution in [3.8, 4) is 0 Å². The van der Waals surface area contributed by atoms with Gasteiger partial charge in [0.2, 0.25) is 0 Å². The van der Waals surface area contributed by atoms with Gasteiger partial charge < -0.3 is 4.74 Å². The molecular weight excluding hydrogens is 212 g/mol. The summed E-state index contributed by atoms with van der Waals surface area (Å²) in [7, 11) is 0. The molecule has 2 aliphatic carbocycles. The summed E-state index contributed by atoms with van der Waals surface area (Å²) in [5.74, 6) is 0.0528. The fraction of sp³-hybridized carbons (Fsp3) is 0.933. The summed E-state index contributed by atoms with van der Waals surface area (Å²) in [5, 5.41) is 0. The fourth-order valence-corrected chi connectivity index (χ4v) is 3.65. The maximum atomic E-state index is 11.9. The number of esters is 1. The third-order valence-corrected chi connectivity index (χ3v) is 4.96. The van der Waals surface area contributed by atoms with Gasteiger partial charge in [0.25, 0.3) is 0 Å². The van der Waals surface area contributed by atoms with Gasteiger partial charge in [0.15, 0.2) is 0 Å². The van der Waals surface area contributed by atoms with Crippen LogP contribution in [0.5, 0.6) is 0 Å². The molecular formula is C15H26O2. The highest BCUT2D eigenvalue weighted by atomic mass is 16.6. The Morgan fingerprint density at radius 3 is 2.47 bits per heavy atom. The van der Waals surface area contributed by atoms with Crippen molar-refractivity contribution in [3.63, 3.8) is 0 Å². The fourth-order valence-electron chi connectivity index (χ4n) is 3.65. The molecule has 0 aromatic heterocycles. The Morgan fingerprint density at radius 1 is 1.24 bits per heavy atom. The zero-order valence-electron chi connectivity index (χ0n) is 11.6. The number of rotatable bonds is 3. The largest absolute Gasteiger partial charge is 0.459 e. The smallest absolute Gasteiger partial charge is 0.309 e. The third kappa shape index (κ3) is 2.66.